The van der Waals surface area contributed by atoms with Gasteiger partial charge in [0.1, 0.15) is 5.65 Å². The summed E-state index contributed by atoms with van der Waals surface area (Å²) in [5.74, 6) is 0.215. The van der Waals surface area contributed by atoms with Crippen LogP contribution in [-0.2, 0) is 11.3 Å². The molecule has 5 nitrogen and oxygen atoms in total. The number of hydrogen-bond acceptors (Lipinski definition) is 3. The van der Waals surface area contributed by atoms with E-state index >= 15 is 0 Å². The van der Waals surface area contributed by atoms with Crippen LogP contribution in [0.4, 0.5) is 0 Å². The molecule has 2 atom stereocenters. The lowest BCUT2D eigenvalue weighted by molar-refractivity contribution is -0.130. The fourth-order valence-corrected chi connectivity index (χ4v) is 4.54. The number of hydrogen-bond donors (Lipinski definition) is 0. The second-order valence-corrected chi connectivity index (χ2v) is 7.38. The first-order valence-corrected chi connectivity index (χ1v) is 9.14. The molecule has 0 aliphatic carbocycles. The molecule has 6 heteroatoms. The Bertz CT molecular complexity index is 759. The topological polar surface area (TPSA) is 40.9 Å². The number of carbonyl (C=O) groups is 1. The molecule has 0 spiro atoms. The molecule has 0 aromatic carbocycles. The van der Waals surface area contributed by atoms with Crippen molar-refractivity contribution < 1.29 is 4.79 Å². The Morgan fingerprint density at radius 2 is 2.00 bits per heavy atom. The largest absolute Gasteiger partial charge is 0.338 e. The number of pyridine rings is 1. The lowest BCUT2D eigenvalue weighted by atomic mass is 10.0. The molecule has 2 aliphatic heterocycles. The van der Waals surface area contributed by atoms with Crippen molar-refractivity contribution in [1.29, 1.82) is 0 Å². The Morgan fingerprint density at radius 1 is 1.21 bits per heavy atom. The normalized spacial score (nSPS) is 25.0. The lowest BCUT2D eigenvalue weighted by Gasteiger charge is -2.34. The highest BCUT2D eigenvalue weighted by Crippen LogP contribution is 2.31. The molecule has 0 saturated carbocycles. The number of likely N-dealkylation sites (tertiary alicyclic amines) is 2. The van der Waals surface area contributed by atoms with Crippen LogP contribution in [0, 0.1) is 0 Å². The lowest BCUT2D eigenvalue weighted by Crippen LogP contribution is -2.47. The third-order valence-electron chi connectivity index (χ3n) is 5.39. The van der Waals surface area contributed by atoms with Gasteiger partial charge in [-0.3, -0.25) is 9.69 Å². The average Bonchev–Trinajstić information content (AvgIpc) is 3.24. The smallest absolute Gasteiger partial charge is 0.219 e. The van der Waals surface area contributed by atoms with Gasteiger partial charge in [-0.1, -0.05) is 11.6 Å². The zero-order valence-electron chi connectivity index (χ0n) is 14.0. The van der Waals surface area contributed by atoms with Gasteiger partial charge in [0.25, 0.3) is 0 Å². The van der Waals surface area contributed by atoms with E-state index in [1.165, 1.54) is 12.8 Å². The predicted octanol–water partition coefficient (Wildman–Crippen LogP) is 2.96. The standard InChI is InChI=1S/C18H23ClN4O/c1-13(24)23-9-3-5-17(23)16-4-2-8-21(16)11-15-12-22-10-14(19)6-7-18(22)20-15/h6-7,10,12,16-17H,2-5,8-9,11H2,1H3. The Balaban J connectivity index is 1.53. The highest BCUT2D eigenvalue weighted by atomic mass is 35.5. The molecule has 4 heterocycles. The zero-order chi connectivity index (χ0) is 16.7. The van der Waals surface area contributed by atoms with Crippen LogP contribution < -0.4 is 0 Å². The number of amides is 1. The molecule has 2 aromatic heterocycles. The van der Waals surface area contributed by atoms with Crippen LogP contribution in [0.1, 0.15) is 38.3 Å². The maximum atomic E-state index is 11.9. The minimum Gasteiger partial charge on any atom is -0.338 e. The van der Waals surface area contributed by atoms with Crippen LogP contribution >= 0.6 is 11.6 Å². The maximum Gasteiger partial charge on any atom is 0.219 e. The van der Waals surface area contributed by atoms with Crippen molar-refractivity contribution in [1.82, 2.24) is 19.2 Å². The second kappa shape index (κ2) is 6.37. The van der Waals surface area contributed by atoms with E-state index in [2.05, 4.69) is 16.0 Å². The average molecular weight is 347 g/mol. The summed E-state index contributed by atoms with van der Waals surface area (Å²) in [6, 6.07) is 4.65. The van der Waals surface area contributed by atoms with Gasteiger partial charge in [0, 0.05) is 44.5 Å². The molecule has 2 aromatic rings. The Morgan fingerprint density at radius 3 is 2.83 bits per heavy atom. The molecule has 2 fully saturated rings. The molecule has 24 heavy (non-hydrogen) atoms. The third kappa shape index (κ3) is 2.91. The molecule has 0 bridgehead atoms. The highest BCUT2D eigenvalue weighted by molar-refractivity contribution is 6.30. The summed E-state index contributed by atoms with van der Waals surface area (Å²) < 4.78 is 1.99. The van der Waals surface area contributed by atoms with Gasteiger partial charge in [0.2, 0.25) is 5.91 Å². The van der Waals surface area contributed by atoms with E-state index in [0.29, 0.717) is 17.1 Å². The number of rotatable bonds is 3. The van der Waals surface area contributed by atoms with Gasteiger partial charge in [-0.05, 0) is 44.4 Å². The van der Waals surface area contributed by atoms with Gasteiger partial charge in [-0.25, -0.2) is 4.98 Å². The molecular weight excluding hydrogens is 324 g/mol. The summed E-state index contributed by atoms with van der Waals surface area (Å²) in [6.45, 7) is 4.54. The van der Waals surface area contributed by atoms with Gasteiger partial charge in [-0.2, -0.15) is 0 Å². The fourth-order valence-electron chi connectivity index (χ4n) is 4.37. The molecule has 2 unspecified atom stereocenters. The van der Waals surface area contributed by atoms with E-state index in [1.54, 1.807) is 6.92 Å². The van der Waals surface area contributed by atoms with Crippen molar-refractivity contribution in [2.45, 2.75) is 51.2 Å². The second-order valence-electron chi connectivity index (χ2n) is 6.95. The van der Waals surface area contributed by atoms with E-state index in [0.717, 1.165) is 43.8 Å². The minimum absolute atomic E-state index is 0.215. The van der Waals surface area contributed by atoms with Gasteiger partial charge in [0.15, 0.2) is 0 Å². The molecular formula is C18H23ClN4O. The molecule has 0 radical (unpaired) electrons. The summed E-state index contributed by atoms with van der Waals surface area (Å²) in [5.41, 5.74) is 1.99. The van der Waals surface area contributed by atoms with Crippen molar-refractivity contribution in [3.05, 3.63) is 35.2 Å². The third-order valence-corrected chi connectivity index (χ3v) is 5.62. The van der Waals surface area contributed by atoms with Crippen molar-refractivity contribution in [2.24, 2.45) is 0 Å². The monoisotopic (exact) mass is 346 g/mol. The first kappa shape index (κ1) is 15.9. The zero-order valence-corrected chi connectivity index (χ0v) is 14.7. The number of aromatic nitrogens is 2. The van der Waals surface area contributed by atoms with Crippen LogP contribution in [0.5, 0.6) is 0 Å². The van der Waals surface area contributed by atoms with Gasteiger partial charge < -0.3 is 9.30 Å². The summed E-state index contributed by atoms with van der Waals surface area (Å²) in [4.78, 5) is 21.2. The molecule has 4 rings (SSSR count). The molecule has 2 saturated heterocycles. The van der Waals surface area contributed by atoms with Crippen molar-refractivity contribution >= 4 is 23.2 Å². The quantitative estimate of drug-likeness (QED) is 0.858. The first-order valence-electron chi connectivity index (χ1n) is 8.76. The summed E-state index contributed by atoms with van der Waals surface area (Å²) in [6.07, 6.45) is 8.58. The Kier molecular flexibility index (Phi) is 4.22. The summed E-state index contributed by atoms with van der Waals surface area (Å²) in [7, 11) is 0. The number of imidazole rings is 1. The number of fused-ring (bicyclic) bond motifs is 1. The molecule has 128 valence electrons. The van der Waals surface area contributed by atoms with E-state index in [9.17, 15) is 4.79 Å². The van der Waals surface area contributed by atoms with Crippen LogP contribution in [0.25, 0.3) is 5.65 Å². The first-order chi connectivity index (χ1) is 11.6. The highest BCUT2D eigenvalue weighted by Gasteiger charge is 2.38. The van der Waals surface area contributed by atoms with Crippen LogP contribution in [-0.4, -0.2) is 50.3 Å². The van der Waals surface area contributed by atoms with Crippen molar-refractivity contribution in [2.75, 3.05) is 13.1 Å². The van der Waals surface area contributed by atoms with Crippen LogP contribution in [0.15, 0.2) is 24.5 Å². The van der Waals surface area contributed by atoms with Gasteiger partial charge >= 0.3 is 0 Å². The van der Waals surface area contributed by atoms with Gasteiger partial charge in [-0.15, -0.1) is 0 Å². The number of halogens is 1. The summed E-state index contributed by atoms with van der Waals surface area (Å²) >= 11 is 6.06. The van der Waals surface area contributed by atoms with E-state index in [-0.39, 0.29) is 5.91 Å². The number of nitrogens with zero attached hydrogens (tertiary/aromatic N) is 4. The van der Waals surface area contributed by atoms with E-state index in [4.69, 9.17) is 16.6 Å². The molecule has 2 aliphatic rings. The van der Waals surface area contributed by atoms with Crippen molar-refractivity contribution in [3.63, 3.8) is 0 Å². The van der Waals surface area contributed by atoms with Crippen LogP contribution in [0.3, 0.4) is 0 Å². The predicted molar refractivity (Wildman–Crippen MR) is 94.0 cm³/mol. The minimum atomic E-state index is 0.215. The fraction of sp³-hybridized carbons (Fsp3) is 0.556. The van der Waals surface area contributed by atoms with E-state index < -0.39 is 0 Å². The Labute approximate surface area is 147 Å². The van der Waals surface area contributed by atoms with Gasteiger partial charge in [0.05, 0.1) is 10.7 Å². The molecule has 0 N–H and O–H groups in total. The van der Waals surface area contributed by atoms with Crippen molar-refractivity contribution in [3.8, 4) is 0 Å². The Hall–Kier alpha value is -1.59. The van der Waals surface area contributed by atoms with E-state index in [1.807, 2.05) is 22.7 Å². The number of carbonyl (C=O) groups excluding carboxylic acids is 1. The summed E-state index contributed by atoms with van der Waals surface area (Å²) in [5, 5.41) is 0.716. The van der Waals surface area contributed by atoms with Crippen LogP contribution in [0.2, 0.25) is 5.02 Å². The SMILES string of the molecule is CC(=O)N1CCCC1C1CCCN1Cc1cn2cc(Cl)ccc2n1. The maximum absolute atomic E-state index is 11.9. The molecule has 1 amide bonds.